The van der Waals surface area contributed by atoms with Crippen LogP contribution in [0.2, 0.25) is 0 Å². The lowest BCUT2D eigenvalue weighted by atomic mass is 9.93. The molecule has 7 amide bonds. The number of aryl methyl sites for hydroxylation is 2. The summed E-state index contributed by atoms with van der Waals surface area (Å²) in [7, 11) is 0. The van der Waals surface area contributed by atoms with Crippen LogP contribution in [0.3, 0.4) is 0 Å². The predicted molar refractivity (Wildman–Crippen MR) is 425 cm³/mol. The van der Waals surface area contributed by atoms with Crippen molar-refractivity contribution in [2.45, 2.75) is 214 Å². The van der Waals surface area contributed by atoms with Crippen molar-refractivity contribution in [3.63, 3.8) is 0 Å². The molecule has 0 spiro atoms. The number of halogens is 4. The number of Topliss-reactive ketones (excluding diaryl/α,β-unsaturated/α-hetero) is 2. The predicted octanol–water partition coefficient (Wildman–Crippen LogP) is 6.87. The topological polar surface area (TPSA) is 361 Å². The molecule has 0 unspecified atom stereocenters. The summed E-state index contributed by atoms with van der Waals surface area (Å²) in [6.45, 7) is 23.8. The number of amides is 7. The number of hydrogen-bond donors (Lipinski definition) is 8. The Balaban J connectivity index is 0.000000482. The van der Waals surface area contributed by atoms with E-state index >= 15 is 0 Å². The van der Waals surface area contributed by atoms with Gasteiger partial charge in [0.15, 0.2) is 11.6 Å². The van der Waals surface area contributed by atoms with E-state index in [1.165, 1.54) is 6.92 Å². The SMILES string of the molecule is C.C.CC(C)C[C@H](N=C([O-])C(F)(F)F)C(=O)[C@@]1(C)CO1.CC(C)C[C@H](NC(=O)[C@H](CCc1ccccc1)NC(=O)CN1CCOCC1)C(=O)N[C@@H](Cc1ccccc1)C(=O)N[C@@H](CC(C)C)C(=O)[C@@]1(C)CO1.CC(C)C[C@H](NC(=O)[C@H](CCc1ccccc1)NC(=O)CN1CCOCC1)C(=O)N[C@@H](Cc1ccccc1)C(=O)O.F. The zero-order chi connectivity index (χ0) is 81.4. The zero-order valence-electron chi connectivity index (χ0n) is 66.0. The molecule has 0 radical (unpaired) electrons. The van der Waals surface area contributed by atoms with Gasteiger partial charge < -0.3 is 66.4 Å². The first kappa shape index (κ1) is 99.1. The van der Waals surface area contributed by atoms with Crippen molar-refractivity contribution in [2.24, 2.45) is 28.7 Å². The summed E-state index contributed by atoms with van der Waals surface area (Å²) >= 11 is 0. The minimum atomic E-state index is -5.04. The smallest absolute Gasteiger partial charge is 0.419 e. The molecule has 4 aliphatic rings. The first-order valence-corrected chi connectivity index (χ1v) is 38.4. The molecule has 0 aromatic heterocycles. The van der Waals surface area contributed by atoms with Crippen molar-refractivity contribution in [3.8, 4) is 0 Å². The number of aliphatic imine (C=N–C) groups is 1. The number of nitrogens with one attached hydrogen (secondary N) is 7. The molecule has 114 heavy (non-hydrogen) atoms. The number of alkyl halides is 3. The van der Waals surface area contributed by atoms with Crippen molar-refractivity contribution in [3.05, 3.63) is 144 Å². The molecule has 4 heterocycles. The molecule has 0 bridgehead atoms. The fraction of sp³-hybridized carbons (Fsp3) is 0.583. The summed E-state index contributed by atoms with van der Waals surface area (Å²) in [6, 6.07) is 29.7. The van der Waals surface area contributed by atoms with Crippen molar-refractivity contribution >= 4 is 64.8 Å². The van der Waals surface area contributed by atoms with Crippen LogP contribution in [0.4, 0.5) is 17.9 Å². The summed E-state index contributed by atoms with van der Waals surface area (Å²) in [6.07, 6.45) is -1.87. The third-order valence-electron chi connectivity index (χ3n) is 18.9. The Bertz CT molecular complexity index is 3660. The van der Waals surface area contributed by atoms with Crippen LogP contribution in [-0.2, 0) is 92.6 Å². The molecule has 4 aliphatic heterocycles. The first-order valence-electron chi connectivity index (χ1n) is 38.4. The van der Waals surface area contributed by atoms with Gasteiger partial charge in [0, 0.05) is 39.0 Å². The summed E-state index contributed by atoms with van der Waals surface area (Å²) in [4.78, 5) is 139. The maximum Gasteiger partial charge on any atom is 0.419 e. The lowest BCUT2D eigenvalue weighted by Crippen LogP contribution is -2.59. The van der Waals surface area contributed by atoms with Gasteiger partial charge in [-0.2, -0.15) is 13.2 Å². The second-order valence-electron chi connectivity index (χ2n) is 30.8. The van der Waals surface area contributed by atoms with Crippen molar-refractivity contribution < 1.29 is 95.0 Å². The maximum absolute atomic E-state index is 14.1. The van der Waals surface area contributed by atoms with Gasteiger partial charge in [0.1, 0.15) is 53.5 Å². The Kier molecular flexibility index (Phi) is 42.6. The van der Waals surface area contributed by atoms with E-state index in [1.807, 2.05) is 148 Å². The number of carboxylic acids is 1. The molecule has 634 valence electrons. The molecule has 4 saturated heterocycles. The molecule has 30 heteroatoms. The van der Waals surface area contributed by atoms with Crippen LogP contribution in [0, 0.1) is 23.7 Å². The normalized spacial score (nSPS) is 18.8. The van der Waals surface area contributed by atoms with Gasteiger partial charge >= 0.3 is 12.1 Å². The van der Waals surface area contributed by atoms with Gasteiger partial charge in [0.2, 0.25) is 41.4 Å². The number of benzene rings is 4. The monoisotopic (exact) mass is 1600 g/mol. The van der Waals surface area contributed by atoms with Gasteiger partial charge in [-0.15, -0.1) is 0 Å². The molecule has 0 aliphatic carbocycles. The van der Waals surface area contributed by atoms with Crippen LogP contribution in [0.1, 0.15) is 145 Å². The van der Waals surface area contributed by atoms with Gasteiger partial charge in [-0.3, -0.25) is 62.6 Å². The van der Waals surface area contributed by atoms with E-state index in [0.717, 1.165) is 22.3 Å². The average molecular weight is 1600 g/mol. The van der Waals surface area contributed by atoms with E-state index in [0.29, 0.717) is 104 Å². The molecule has 8 N–H and O–H groups in total. The fourth-order valence-corrected chi connectivity index (χ4v) is 12.5. The van der Waals surface area contributed by atoms with Crippen LogP contribution in [0.25, 0.3) is 0 Å². The molecule has 10 atom stereocenters. The van der Waals surface area contributed by atoms with E-state index in [9.17, 15) is 71.3 Å². The maximum atomic E-state index is 14.1. The van der Waals surface area contributed by atoms with Gasteiger partial charge in [-0.25, -0.2) is 4.79 Å². The van der Waals surface area contributed by atoms with Crippen molar-refractivity contribution in [1.29, 1.82) is 0 Å². The third kappa shape index (κ3) is 35.8. The molecule has 4 aromatic rings. The molecule has 8 rings (SSSR count). The number of hydrogen-bond acceptors (Lipinski definition) is 18. The van der Waals surface area contributed by atoms with Crippen molar-refractivity contribution in [1.82, 2.24) is 47.0 Å². The van der Waals surface area contributed by atoms with Crippen LogP contribution in [0.15, 0.2) is 126 Å². The lowest BCUT2D eigenvalue weighted by molar-refractivity contribution is -0.263. The van der Waals surface area contributed by atoms with Gasteiger partial charge in [-0.05, 0) is 111 Å². The van der Waals surface area contributed by atoms with Crippen LogP contribution in [0.5, 0.6) is 0 Å². The average Bonchev–Trinajstić information content (AvgIpc) is 1.64. The standard InChI is InChI=1S/C40H57N5O7.C31H42N4O6.C11H16F3NO3.2CH4.FH/c1-27(2)22-32(36(47)40(5)26-52-40)42-39(50)34(24-30-14-10-7-11-15-30)44-38(49)33(23-28(3)4)43-37(48)31(17-16-29-12-8-6-9-13-29)41-35(46)25-45-18-20-51-21-19-45;1-22(2)19-26(30(38)34-27(31(39)40)20-24-11-7-4-8-12-24)33-29(37)25(14-13-23-9-5-3-6-10-23)32-28(36)21-35-15-17-41-18-16-35;1-6(2)4-7(8(16)10(3)5-18-10)15-9(17)11(12,13)14;;;/h6-15,27-28,31-34H,16-26H2,1-5H3,(H,41,46)(H,42,50)(H,43,48)(H,44,49);3-12,22,25-27H,13-21H2,1-2H3,(H,32,36)(H,33,37)(H,34,38)(H,39,40);6-7H,4-5H2,1-3H3,(H,15,17);2*1H4;1H/p-1/t31-,32-,33-,34-,40+;25-,26-,27-;7-,10+;;;/m000.../s1. The minimum Gasteiger partial charge on any atom is -0.856 e. The van der Waals surface area contributed by atoms with Crippen LogP contribution >= 0.6 is 0 Å². The number of ether oxygens (including phenoxy) is 4. The zero-order valence-corrected chi connectivity index (χ0v) is 66.0. The van der Waals surface area contributed by atoms with Crippen molar-refractivity contribution in [2.75, 3.05) is 78.9 Å². The largest absolute Gasteiger partial charge is 0.856 e. The molecular weight excluding hydrogens is 1480 g/mol. The Morgan fingerprint density at radius 2 is 0.746 bits per heavy atom. The molecule has 26 nitrogen and oxygen atoms in total. The number of epoxide rings is 2. The fourth-order valence-electron chi connectivity index (χ4n) is 12.5. The van der Waals surface area contributed by atoms with Crippen LogP contribution < -0.4 is 42.3 Å². The Labute approximate surface area is 669 Å². The summed E-state index contributed by atoms with van der Waals surface area (Å²) in [5.74, 6) is -7.11. The Hall–Kier alpha value is -9.07. The molecule has 0 saturated carbocycles. The number of carboxylic acid groups (broad SMARTS) is 1. The van der Waals surface area contributed by atoms with E-state index in [4.69, 9.17) is 18.9 Å². The number of carbonyl (C=O) groups is 10. The van der Waals surface area contributed by atoms with Crippen LogP contribution in [-0.4, -0.2) is 224 Å². The Morgan fingerprint density at radius 3 is 1.09 bits per heavy atom. The number of aliphatic carboxylic acids is 1. The lowest BCUT2D eigenvalue weighted by Gasteiger charge is -2.29. The summed E-state index contributed by atoms with van der Waals surface area (Å²) in [5, 5.41) is 40.5. The highest BCUT2D eigenvalue weighted by Crippen LogP contribution is 2.32. The highest BCUT2D eigenvalue weighted by Gasteiger charge is 2.51. The van der Waals surface area contributed by atoms with Gasteiger partial charge in [-0.1, -0.05) is 192 Å². The van der Waals surface area contributed by atoms with Gasteiger partial charge in [0.05, 0.1) is 64.7 Å². The second-order valence-corrected chi connectivity index (χ2v) is 30.8. The number of ketones is 2. The van der Waals surface area contributed by atoms with E-state index in [2.05, 4.69) is 42.2 Å². The molecule has 4 aromatic carbocycles. The molecular formula is C84H123F4N10O16-. The summed E-state index contributed by atoms with van der Waals surface area (Å²) < 4.78 is 57.5. The van der Waals surface area contributed by atoms with E-state index in [1.54, 1.807) is 45.0 Å². The van der Waals surface area contributed by atoms with E-state index < -0.39 is 113 Å². The summed E-state index contributed by atoms with van der Waals surface area (Å²) in [5.41, 5.74) is 1.63. The third-order valence-corrected chi connectivity index (χ3v) is 18.9. The first-order chi connectivity index (χ1) is 52.6. The minimum absolute atomic E-state index is 0. The second kappa shape index (κ2) is 49.0. The highest BCUT2D eigenvalue weighted by atomic mass is 19.4. The van der Waals surface area contributed by atoms with Gasteiger partial charge in [0.25, 0.3) is 0 Å². The number of rotatable bonds is 40. The quantitative estimate of drug-likeness (QED) is 0.00974. The highest BCUT2D eigenvalue weighted by molar-refractivity contribution is 5.99. The molecule has 4 fully saturated rings. The van der Waals surface area contributed by atoms with E-state index in [-0.39, 0.29) is 99.8 Å². The Morgan fingerprint density at radius 1 is 0.447 bits per heavy atom. The number of nitrogens with zero attached hydrogens (tertiary/aromatic N) is 3. The number of morpholine rings is 2. The number of carbonyl (C=O) groups excluding carboxylic acids is 9.